The maximum absolute atomic E-state index is 14.4. The molecule has 0 aliphatic rings. The van der Waals surface area contributed by atoms with Crippen molar-refractivity contribution >= 4 is 12.7 Å². The lowest BCUT2D eigenvalue weighted by molar-refractivity contribution is 0.624. The van der Waals surface area contributed by atoms with Gasteiger partial charge in [0.05, 0.1) is 5.56 Å². The summed E-state index contributed by atoms with van der Waals surface area (Å²) < 4.78 is 14.4. The zero-order valence-corrected chi connectivity index (χ0v) is 15.7. The van der Waals surface area contributed by atoms with Gasteiger partial charge in [-0.25, -0.2) is 4.39 Å². The highest BCUT2D eigenvalue weighted by molar-refractivity contribution is 6.51. The van der Waals surface area contributed by atoms with Gasteiger partial charge in [-0.15, -0.1) is 0 Å². The molecule has 3 aromatic rings. The van der Waals surface area contributed by atoms with Crippen molar-refractivity contribution < 1.29 is 4.39 Å². The Kier molecular flexibility index (Phi) is 5.80. The highest BCUT2D eigenvalue weighted by Gasteiger charge is 2.01. The van der Waals surface area contributed by atoms with Gasteiger partial charge in [0, 0.05) is 16.7 Å². The molecule has 0 bridgehead atoms. The van der Waals surface area contributed by atoms with Gasteiger partial charge in [0.15, 0.2) is 0 Å². The molecule has 0 fully saturated rings. The van der Waals surface area contributed by atoms with Gasteiger partial charge in [-0.05, 0) is 55.8 Å². The van der Waals surface area contributed by atoms with Crippen LogP contribution < -0.4 is 5.46 Å². The van der Waals surface area contributed by atoms with E-state index in [1.807, 2.05) is 64.3 Å². The Balaban J connectivity index is 1.81. The van der Waals surface area contributed by atoms with Crippen LogP contribution in [0.5, 0.6) is 0 Å². The van der Waals surface area contributed by atoms with E-state index in [9.17, 15) is 4.39 Å². The van der Waals surface area contributed by atoms with Crippen LogP contribution in [0.15, 0.2) is 60.7 Å². The van der Waals surface area contributed by atoms with Crippen LogP contribution in [0.1, 0.15) is 33.4 Å². The van der Waals surface area contributed by atoms with Crippen molar-refractivity contribution in [3.05, 3.63) is 99.9 Å². The second-order valence-electron chi connectivity index (χ2n) is 6.42. The first-order valence-corrected chi connectivity index (χ1v) is 8.85. The van der Waals surface area contributed by atoms with Gasteiger partial charge in [-0.3, -0.25) is 0 Å². The van der Waals surface area contributed by atoms with Crippen LogP contribution in [-0.2, 0) is 0 Å². The Labute approximate surface area is 161 Å². The van der Waals surface area contributed by atoms with E-state index in [0.717, 1.165) is 22.2 Å². The van der Waals surface area contributed by atoms with Crippen LogP contribution in [0.2, 0.25) is 6.82 Å². The van der Waals surface area contributed by atoms with Crippen LogP contribution in [0.4, 0.5) is 4.39 Å². The van der Waals surface area contributed by atoms with Gasteiger partial charge >= 0.3 is 0 Å². The predicted molar refractivity (Wildman–Crippen MR) is 112 cm³/mol. The standard InChI is InChI=1S/C25H19BF/c1-18-4-6-20(7-5-18)8-9-21-10-11-23(25(27)17-21)13-12-22-14-15-24(26-3)16-19(22)2/h4-7,10-11,14-17H,1-3H3. The number of halogens is 1. The largest absolute Gasteiger partial charge is 0.206 e. The summed E-state index contributed by atoms with van der Waals surface area (Å²) in [4.78, 5) is 0. The molecule has 129 valence electrons. The average Bonchev–Trinajstić information content (AvgIpc) is 2.67. The Morgan fingerprint density at radius 2 is 1.33 bits per heavy atom. The summed E-state index contributed by atoms with van der Waals surface area (Å²) in [5, 5.41) is 0. The van der Waals surface area contributed by atoms with Crippen LogP contribution >= 0.6 is 0 Å². The molecule has 0 saturated heterocycles. The maximum Gasteiger partial charge on any atom is 0.148 e. The molecule has 0 aliphatic heterocycles. The highest BCUT2D eigenvalue weighted by atomic mass is 19.1. The van der Waals surface area contributed by atoms with Crippen molar-refractivity contribution in [3.63, 3.8) is 0 Å². The summed E-state index contributed by atoms with van der Waals surface area (Å²) in [5.74, 6) is 11.7. The van der Waals surface area contributed by atoms with Crippen LogP contribution in [0, 0.1) is 43.3 Å². The van der Waals surface area contributed by atoms with Crippen molar-refractivity contribution in [1.29, 1.82) is 0 Å². The van der Waals surface area contributed by atoms with E-state index < -0.39 is 0 Å². The lowest BCUT2D eigenvalue weighted by Gasteiger charge is -2.01. The molecule has 2 heteroatoms. The predicted octanol–water partition coefficient (Wildman–Crippen LogP) is 4.62. The minimum Gasteiger partial charge on any atom is -0.206 e. The third kappa shape index (κ3) is 4.90. The summed E-state index contributed by atoms with van der Waals surface area (Å²) in [7, 11) is 2.04. The second kappa shape index (κ2) is 8.44. The number of hydrogen-bond acceptors (Lipinski definition) is 0. The van der Waals surface area contributed by atoms with E-state index in [2.05, 4.69) is 29.7 Å². The Morgan fingerprint density at radius 1 is 0.704 bits per heavy atom. The third-order valence-electron chi connectivity index (χ3n) is 4.29. The summed E-state index contributed by atoms with van der Waals surface area (Å²) in [6.45, 7) is 6.04. The molecular formula is C25H19BF. The van der Waals surface area contributed by atoms with Crippen molar-refractivity contribution in [2.75, 3.05) is 0 Å². The first kappa shape index (κ1) is 18.6. The first-order chi connectivity index (χ1) is 13.0. The molecular weight excluding hydrogens is 330 g/mol. The van der Waals surface area contributed by atoms with Gasteiger partial charge < -0.3 is 0 Å². The molecule has 0 aromatic heterocycles. The summed E-state index contributed by atoms with van der Waals surface area (Å²) in [5.41, 5.74) is 6.25. The lowest BCUT2D eigenvalue weighted by Crippen LogP contribution is -2.10. The molecule has 0 aliphatic carbocycles. The zero-order chi connectivity index (χ0) is 19.2. The molecule has 0 nitrogen and oxygen atoms in total. The molecule has 0 N–H and O–H groups in total. The molecule has 3 rings (SSSR count). The van der Waals surface area contributed by atoms with Crippen LogP contribution in [-0.4, -0.2) is 7.28 Å². The molecule has 27 heavy (non-hydrogen) atoms. The molecule has 0 amide bonds. The van der Waals surface area contributed by atoms with Gasteiger partial charge in [-0.1, -0.05) is 65.8 Å². The molecule has 0 atom stereocenters. The first-order valence-electron chi connectivity index (χ1n) is 8.85. The number of hydrogen-bond donors (Lipinski definition) is 0. The highest BCUT2D eigenvalue weighted by Crippen LogP contribution is 2.11. The fraction of sp³-hybridized carbons (Fsp3) is 0.120. The van der Waals surface area contributed by atoms with E-state index in [0.29, 0.717) is 11.1 Å². The molecule has 1 radical (unpaired) electrons. The molecule has 0 heterocycles. The average molecular weight is 349 g/mol. The normalized spacial score (nSPS) is 9.63. The van der Waals surface area contributed by atoms with Crippen molar-refractivity contribution in [2.24, 2.45) is 0 Å². The van der Waals surface area contributed by atoms with E-state index in [1.165, 1.54) is 11.6 Å². The Morgan fingerprint density at radius 3 is 2.00 bits per heavy atom. The van der Waals surface area contributed by atoms with Gasteiger partial charge in [0.2, 0.25) is 0 Å². The summed E-state index contributed by atoms with van der Waals surface area (Å²) in [6, 6.07) is 18.9. The zero-order valence-electron chi connectivity index (χ0n) is 15.7. The smallest absolute Gasteiger partial charge is 0.148 e. The summed E-state index contributed by atoms with van der Waals surface area (Å²) >= 11 is 0. The number of aryl methyl sites for hydroxylation is 2. The topological polar surface area (TPSA) is 0 Å². The minimum atomic E-state index is -0.352. The lowest BCUT2D eigenvalue weighted by atomic mass is 9.72. The second-order valence-corrected chi connectivity index (χ2v) is 6.42. The molecule has 0 unspecified atom stereocenters. The fourth-order valence-corrected chi connectivity index (χ4v) is 2.62. The third-order valence-corrected chi connectivity index (χ3v) is 4.29. The quantitative estimate of drug-likeness (QED) is 0.444. The Bertz CT molecular complexity index is 1090. The van der Waals surface area contributed by atoms with Crippen LogP contribution in [0.3, 0.4) is 0 Å². The number of rotatable bonds is 1. The SMILES string of the molecule is C[B]c1ccc(C#Cc2ccc(C#Cc3ccc(C)cc3)cc2F)c(C)c1. The molecule has 3 aromatic carbocycles. The number of benzene rings is 3. The summed E-state index contributed by atoms with van der Waals surface area (Å²) in [6.07, 6.45) is 0. The molecule has 0 spiro atoms. The monoisotopic (exact) mass is 349 g/mol. The van der Waals surface area contributed by atoms with Crippen molar-refractivity contribution in [2.45, 2.75) is 20.7 Å². The van der Waals surface area contributed by atoms with Gasteiger partial charge in [0.25, 0.3) is 0 Å². The van der Waals surface area contributed by atoms with Crippen LogP contribution in [0.25, 0.3) is 0 Å². The van der Waals surface area contributed by atoms with E-state index in [1.54, 1.807) is 12.1 Å². The Hall–Kier alpha value is -3.23. The minimum absolute atomic E-state index is 0.352. The van der Waals surface area contributed by atoms with E-state index in [-0.39, 0.29) is 5.82 Å². The molecule has 0 saturated carbocycles. The van der Waals surface area contributed by atoms with Gasteiger partial charge in [-0.2, -0.15) is 0 Å². The van der Waals surface area contributed by atoms with E-state index in [4.69, 9.17) is 0 Å². The van der Waals surface area contributed by atoms with Gasteiger partial charge in [0.1, 0.15) is 13.1 Å². The van der Waals surface area contributed by atoms with E-state index >= 15 is 0 Å². The van der Waals surface area contributed by atoms with Crippen molar-refractivity contribution in [3.8, 4) is 23.7 Å². The maximum atomic E-state index is 14.4. The fourth-order valence-electron chi connectivity index (χ4n) is 2.62. The van der Waals surface area contributed by atoms with Crippen molar-refractivity contribution in [1.82, 2.24) is 0 Å².